The lowest BCUT2D eigenvalue weighted by Gasteiger charge is -2.30. The van der Waals surface area contributed by atoms with Crippen LogP contribution in [0.15, 0.2) is 30.3 Å². The zero-order chi connectivity index (χ0) is 16.0. The molecule has 22 heavy (non-hydrogen) atoms. The minimum atomic E-state index is -1.49. The molecule has 0 amide bonds. The minimum absolute atomic E-state index is 0.00831. The Morgan fingerprint density at radius 1 is 1.09 bits per heavy atom. The van der Waals surface area contributed by atoms with Crippen LogP contribution in [0.1, 0.15) is 27.6 Å². The Morgan fingerprint density at radius 3 is 2.36 bits per heavy atom. The van der Waals surface area contributed by atoms with Crippen LogP contribution in [0.2, 0.25) is 0 Å². The van der Waals surface area contributed by atoms with Crippen LogP contribution in [-0.4, -0.2) is 32.3 Å². The Morgan fingerprint density at radius 2 is 1.73 bits per heavy atom. The summed E-state index contributed by atoms with van der Waals surface area (Å²) in [5.41, 5.74) is 0.493. The summed E-state index contributed by atoms with van der Waals surface area (Å²) in [6.07, 6.45) is -2.48. The van der Waals surface area contributed by atoms with E-state index >= 15 is 0 Å². The average molecular weight is 302 g/mol. The molecule has 6 heteroatoms. The second kappa shape index (κ2) is 4.92. The minimum Gasteiger partial charge on any atom is -0.508 e. The number of carbonyl (C=O) groups excluding carboxylic acids is 1. The van der Waals surface area contributed by atoms with Gasteiger partial charge in [-0.05, 0) is 24.6 Å². The highest BCUT2D eigenvalue weighted by Gasteiger charge is 2.39. The third-order valence-electron chi connectivity index (χ3n) is 3.77. The van der Waals surface area contributed by atoms with Crippen molar-refractivity contribution < 1.29 is 30.0 Å². The first-order valence-corrected chi connectivity index (χ1v) is 6.63. The first kappa shape index (κ1) is 14.2. The number of hydrogen-bond acceptors (Lipinski definition) is 6. The number of ketones is 1. The molecule has 114 valence electrons. The van der Waals surface area contributed by atoms with E-state index in [0.717, 1.165) is 0 Å². The first-order valence-electron chi connectivity index (χ1n) is 6.63. The molecule has 0 aliphatic carbocycles. The largest absolute Gasteiger partial charge is 0.508 e. The van der Waals surface area contributed by atoms with Gasteiger partial charge in [0.15, 0.2) is 12.2 Å². The molecule has 0 radical (unpaired) electrons. The van der Waals surface area contributed by atoms with Crippen LogP contribution in [0.25, 0.3) is 0 Å². The van der Waals surface area contributed by atoms with Crippen molar-refractivity contribution in [1.29, 1.82) is 0 Å². The van der Waals surface area contributed by atoms with E-state index in [-0.39, 0.29) is 28.4 Å². The molecule has 1 aliphatic heterocycles. The Labute approximate surface area is 125 Å². The fourth-order valence-corrected chi connectivity index (χ4v) is 2.46. The van der Waals surface area contributed by atoms with Crippen molar-refractivity contribution in [2.24, 2.45) is 0 Å². The van der Waals surface area contributed by atoms with E-state index in [1.807, 2.05) is 0 Å². The number of aliphatic hydroxyl groups excluding tert-OH is 1. The topological polar surface area (TPSA) is 107 Å². The molecule has 2 atom stereocenters. The van der Waals surface area contributed by atoms with E-state index in [2.05, 4.69) is 0 Å². The van der Waals surface area contributed by atoms with Gasteiger partial charge in [-0.2, -0.15) is 0 Å². The molecular formula is C16H14O6. The van der Waals surface area contributed by atoms with Gasteiger partial charge in [0.1, 0.15) is 28.6 Å². The third kappa shape index (κ3) is 2.05. The molecule has 0 bridgehead atoms. The maximum Gasteiger partial charge on any atom is 0.202 e. The van der Waals surface area contributed by atoms with E-state index in [9.17, 15) is 25.2 Å². The number of phenolic OH excluding ortho intramolecular Hbond substituents is 3. The van der Waals surface area contributed by atoms with Gasteiger partial charge in [0.05, 0.1) is 0 Å². The van der Waals surface area contributed by atoms with Gasteiger partial charge >= 0.3 is 0 Å². The molecule has 2 aromatic rings. The van der Waals surface area contributed by atoms with Crippen molar-refractivity contribution in [1.82, 2.24) is 0 Å². The van der Waals surface area contributed by atoms with Crippen LogP contribution in [0.5, 0.6) is 23.0 Å². The van der Waals surface area contributed by atoms with Crippen molar-refractivity contribution >= 4 is 5.78 Å². The lowest BCUT2D eigenvalue weighted by atomic mass is 9.91. The van der Waals surface area contributed by atoms with Gasteiger partial charge in [0.25, 0.3) is 0 Å². The van der Waals surface area contributed by atoms with Crippen LogP contribution in [0, 0.1) is 6.92 Å². The van der Waals surface area contributed by atoms with Gasteiger partial charge < -0.3 is 25.2 Å². The average Bonchev–Trinajstić information content (AvgIpc) is 2.49. The standard InChI is InChI=1S/C16H14O6/c1-7-10(18)6-11-12(13(7)19)14(20)15(21)16(22-11)8-2-4-9(17)5-3-8/h2-6,15-19,21H,1H3/t15-,16+/m0/s1. The van der Waals surface area contributed by atoms with Gasteiger partial charge in [0.2, 0.25) is 5.78 Å². The van der Waals surface area contributed by atoms with E-state index in [1.165, 1.54) is 37.3 Å². The number of benzene rings is 2. The Hall–Kier alpha value is -2.73. The molecule has 0 spiro atoms. The number of hydrogen-bond donors (Lipinski definition) is 4. The molecule has 0 saturated heterocycles. The van der Waals surface area contributed by atoms with Gasteiger partial charge in [-0.1, -0.05) is 12.1 Å². The first-order chi connectivity index (χ1) is 10.4. The summed E-state index contributed by atoms with van der Waals surface area (Å²) >= 11 is 0. The highest BCUT2D eigenvalue weighted by Crippen LogP contribution is 2.44. The molecular weight excluding hydrogens is 288 g/mol. The predicted octanol–water partition coefficient (Wildman–Crippen LogP) is 1.79. The number of phenols is 3. The Kier molecular flexibility index (Phi) is 3.18. The van der Waals surface area contributed by atoms with Crippen molar-refractivity contribution in [3.63, 3.8) is 0 Å². The highest BCUT2D eigenvalue weighted by molar-refractivity contribution is 6.06. The van der Waals surface area contributed by atoms with Gasteiger partial charge in [-0.25, -0.2) is 0 Å². The van der Waals surface area contributed by atoms with Crippen LogP contribution < -0.4 is 4.74 Å². The summed E-state index contributed by atoms with van der Waals surface area (Å²) in [4.78, 5) is 12.3. The molecule has 0 aromatic heterocycles. The normalized spacial score (nSPS) is 20.4. The van der Waals surface area contributed by atoms with Crippen molar-refractivity contribution in [2.45, 2.75) is 19.1 Å². The van der Waals surface area contributed by atoms with Crippen LogP contribution in [0.3, 0.4) is 0 Å². The highest BCUT2D eigenvalue weighted by atomic mass is 16.5. The summed E-state index contributed by atoms with van der Waals surface area (Å²) < 4.78 is 5.58. The van der Waals surface area contributed by atoms with Crippen molar-refractivity contribution in [3.8, 4) is 23.0 Å². The molecule has 3 rings (SSSR count). The molecule has 2 aromatic carbocycles. The van der Waals surface area contributed by atoms with Crippen LogP contribution in [-0.2, 0) is 0 Å². The number of aliphatic hydroxyl groups is 1. The third-order valence-corrected chi connectivity index (χ3v) is 3.77. The number of ether oxygens (including phenoxy) is 1. The van der Waals surface area contributed by atoms with Gasteiger partial charge in [-0.15, -0.1) is 0 Å². The van der Waals surface area contributed by atoms with Crippen molar-refractivity contribution in [3.05, 3.63) is 47.0 Å². The second-order valence-electron chi connectivity index (χ2n) is 5.18. The molecule has 0 unspecified atom stereocenters. The lowest BCUT2D eigenvalue weighted by molar-refractivity contribution is 0.0210. The number of Topliss-reactive ketones (excluding diaryl/α,β-unsaturated/α-hetero) is 1. The van der Waals surface area contributed by atoms with E-state index in [0.29, 0.717) is 5.56 Å². The molecule has 4 N–H and O–H groups in total. The SMILES string of the molecule is Cc1c(O)cc2c(c1O)C(=O)[C@H](O)[C@@H](c1ccc(O)cc1)O2. The fraction of sp³-hybridized carbons (Fsp3) is 0.188. The molecule has 1 aliphatic rings. The molecule has 6 nitrogen and oxygen atoms in total. The zero-order valence-corrected chi connectivity index (χ0v) is 11.6. The number of carbonyl (C=O) groups is 1. The summed E-state index contributed by atoms with van der Waals surface area (Å²) in [7, 11) is 0. The van der Waals surface area contributed by atoms with E-state index < -0.39 is 23.7 Å². The van der Waals surface area contributed by atoms with Gasteiger partial charge in [-0.3, -0.25) is 4.79 Å². The van der Waals surface area contributed by atoms with E-state index in [4.69, 9.17) is 4.74 Å². The quantitative estimate of drug-likeness (QED) is 0.640. The Balaban J connectivity index is 2.10. The predicted molar refractivity (Wildman–Crippen MR) is 76.3 cm³/mol. The summed E-state index contributed by atoms with van der Waals surface area (Å²) in [6, 6.07) is 7.11. The van der Waals surface area contributed by atoms with Gasteiger partial charge in [0, 0.05) is 11.6 Å². The number of aromatic hydroxyl groups is 3. The number of rotatable bonds is 1. The van der Waals surface area contributed by atoms with Crippen molar-refractivity contribution in [2.75, 3.05) is 0 Å². The zero-order valence-electron chi connectivity index (χ0n) is 11.6. The summed E-state index contributed by atoms with van der Waals surface area (Å²) in [6.45, 7) is 1.46. The maximum absolute atomic E-state index is 12.3. The van der Waals surface area contributed by atoms with Crippen LogP contribution >= 0.6 is 0 Å². The fourth-order valence-electron chi connectivity index (χ4n) is 2.46. The summed E-state index contributed by atoms with van der Waals surface area (Å²) in [5.74, 6) is -1.23. The second-order valence-corrected chi connectivity index (χ2v) is 5.18. The maximum atomic E-state index is 12.3. The van der Waals surface area contributed by atoms with E-state index in [1.54, 1.807) is 0 Å². The number of fused-ring (bicyclic) bond motifs is 1. The molecule has 0 saturated carbocycles. The summed E-state index contributed by atoms with van der Waals surface area (Å²) in [5, 5.41) is 39.2. The molecule has 0 fully saturated rings. The smallest absolute Gasteiger partial charge is 0.202 e. The monoisotopic (exact) mass is 302 g/mol. The molecule has 1 heterocycles. The Bertz CT molecular complexity index is 750. The lowest BCUT2D eigenvalue weighted by Crippen LogP contribution is -2.36. The van der Waals surface area contributed by atoms with Crippen LogP contribution in [0.4, 0.5) is 0 Å².